The summed E-state index contributed by atoms with van der Waals surface area (Å²) in [6.45, 7) is 6.02. The van der Waals surface area contributed by atoms with Crippen LogP contribution in [0.3, 0.4) is 0 Å². The van der Waals surface area contributed by atoms with Crippen LogP contribution in [0.5, 0.6) is 0 Å². The Bertz CT molecular complexity index is 1140. The third-order valence-corrected chi connectivity index (χ3v) is 10.1. The van der Waals surface area contributed by atoms with E-state index >= 15 is 0 Å². The van der Waals surface area contributed by atoms with Crippen molar-refractivity contribution in [1.82, 2.24) is 9.80 Å². The number of thioether (sulfide) groups is 1. The van der Waals surface area contributed by atoms with Crippen molar-refractivity contribution in [2.75, 3.05) is 37.7 Å². The number of carbonyl (C=O) groups is 3. The van der Waals surface area contributed by atoms with Crippen molar-refractivity contribution in [3.8, 4) is 0 Å². The zero-order chi connectivity index (χ0) is 26.4. The van der Waals surface area contributed by atoms with Gasteiger partial charge in [-0.2, -0.15) is 0 Å². The van der Waals surface area contributed by atoms with Crippen LogP contribution in [0.15, 0.2) is 48.6 Å². The Morgan fingerprint density at radius 1 is 0.973 bits per heavy atom. The van der Waals surface area contributed by atoms with Gasteiger partial charge < -0.3 is 19.8 Å². The Balaban J connectivity index is 1.61. The molecule has 2 saturated heterocycles. The van der Waals surface area contributed by atoms with Crippen molar-refractivity contribution in [2.45, 2.75) is 48.6 Å². The van der Waals surface area contributed by atoms with Gasteiger partial charge in [-0.05, 0) is 50.5 Å². The predicted octanol–water partition coefficient (Wildman–Crippen LogP) is 3.51. The number of nitrogens with zero attached hydrogens (tertiary/aromatic N) is 3. The molecule has 1 N–H and O–H groups in total. The lowest BCUT2D eigenvalue weighted by atomic mass is 9.74. The molecule has 2 fully saturated rings. The Labute approximate surface area is 227 Å². The van der Waals surface area contributed by atoms with Crippen LogP contribution < -0.4 is 4.90 Å². The summed E-state index contributed by atoms with van der Waals surface area (Å²) < 4.78 is -1.46. The van der Waals surface area contributed by atoms with E-state index < -0.39 is 27.4 Å². The summed E-state index contributed by atoms with van der Waals surface area (Å²) >= 11 is 7.70. The fourth-order valence-corrected chi connectivity index (χ4v) is 8.81. The summed E-state index contributed by atoms with van der Waals surface area (Å²) in [7, 11) is 0. The molecule has 1 unspecified atom stereocenters. The Morgan fingerprint density at radius 3 is 2.41 bits per heavy atom. The molecule has 4 heterocycles. The summed E-state index contributed by atoms with van der Waals surface area (Å²) in [5.41, 5.74) is 0.718. The predicted molar refractivity (Wildman–Crippen MR) is 146 cm³/mol. The van der Waals surface area contributed by atoms with Crippen LogP contribution in [-0.4, -0.2) is 80.9 Å². The van der Waals surface area contributed by atoms with Crippen molar-refractivity contribution in [2.24, 2.45) is 11.8 Å². The van der Waals surface area contributed by atoms with Crippen molar-refractivity contribution < 1.29 is 19.5 Å². The molecule has 0 saturated carbocycles. The molecule has 0 aromatic heterocycles. The SMILES string of the molecule is CCCN1CC=C[C@]2(C)S[C@]34C=CCN(c5ccc(Cl)cc5)C(=O)C3N(CCCCO)C(=O)[C@@H]4[C@@H]2C1=O. The number of hydrogen-bond donors (Lipinski definition) is 1. The minimum Gasteiger partial charge on any atom is -0.396 e. The van der Waals surface area contributed by atoms with Crippen molar-refractivity contribution in [3.63, 3.8) is 0 Å². The number of fused-ring (bicyclic) bond motifs is 2. The Kier molecular flexibility index (Phi) is 7.20. The second-order valence-electron chi connectivity index (χ2n) is 10.5. The third kappa shape index (κ3) is 4.21. The number of amides is 3. The highest BCUT2D eigenvalue weighted by atomic mass is 35.5. The van der Waals surface area contributed by atoms with Crippen LogP contribution in [0.4, 0.5) is 5.69 Å². The Hall–Kier alpha value is -2.29. The van der Waals surface area contributed by atoms with Gasteiger partial charge in [0.25, 0.3) is 5.91 Å². The van der Waals surface area contributed by atoms with E-state index in [4.69, 9.17) is 11.6 Å². The highest BCUT2D eigenvalue weighted by Crippen LogP contribution is 2.65. The van der Waals surface area contributed by atoms with Gasteiger partial charge in [-0.1, -0.05) is 42.8 Å². The second kappa shape index (κ2) is 10.1. The normalized spacial score (nSPS) is 32.9. The number of unbranched alkanes of at least 4 members (excludes halogenated alkanes) is 1. The lowest BCUT2D eigenvalue weighted by Crippen LogP contribution is -2.53. The molecule has 4 aliphatic heterocycles. The molecule has 9 heteroatoms. The van der Waals surface area contributed by atoms with E-state index in [1.54, 1.807) is 33.7 Å². The molecule has 37 heavy (non-hydrogen) atoms. The van der Waals surface area contributed by atoms with Gasteiger partial charge in [-0.25, -0.2) is 0 Å². The lowest BCUT2D eigenvalue weighted by molar-refractivity contribution is -0.143. The van der Waals surface area contributed by atoms with Gasteiger partial charge in [-0.3, -0.25) is 14.4 Å². The number of carbonyl (C=O) groups excluding carboxylic acids is 3. The second-order valence-corrected chi connectivity index (χ2v) is 12.7. The number of aliphatic hydroxyl groups is 1. The molecule has 198 valence electrons. The number of rotatable bonds is 7. The summed E-state index contributed by atoms with van der Waals surface area (Å²) in [5.74, 6) is -1.49. The van der Waals surface area contributed by atoms with Crippen molar-refractivity contribution in [3.05, 3.63) is 53.6 Å². The van der Waals surface area contributed by atoms with Crippen molar-refractivity contribution in [1.29, 1.82) is 0 Å². The largest absolute Gasteiger partial charge is 0.396 e. The molecule has 1 spiro atoms. The van der Waals surface area contributed by atoms with Gasteiger partial charge in [0.05, 0.1) is 16.6 Å². The van der Waals surface area contributed by atoms with E-state index in [9.17, 15) is 19.5 Å². The van der Waals surface area contributed by atoms with Gasteiger partial charge in [-0.15, -0.1) is 11.8 Å². The molecule has 5 rings (SSSR count). The fraction of sp³-hybridized carbons (Fsp3) is 0.536. The van der Waals surface area contributed by atoms with Gasteiger partial charge in [0.2, 0.25) is 11.8 Å². The molecule has 7 nitrogen and oxygen atoms in total. The number of benzene rings is 1. The van der Waals surface area contributed by atoms with E-state index in [0.717, 1.165) is 12.1 Å². The van der Waals surface area contributed by atoms with E-state index in [2.05, 4.69) is 6.08 Å². The number of anilines is 1. The Morgan fingerprint density at radius 2 is 1.70 bits per heavy atom. The maximum absolute atomic E-state index is 14.3. The topological polar surface area (TPSA) is 81.2 Å². The van der Waals surface area contributed by atoms with Gasteiger partial charge >= 0.3 is 0 Å². The minimum atomic E-state index is -0.858. The van der Waals surface area contributed by atoms with Crippen LogP contribution in [0, 0.1) is 11.8 Å². The first-order valence-electron chi connectivity index (χ1n) is 13.1. The summed E-state index contributed by atoms with van der Waals surface area (Å²) in [5, 5.41) is 9.96. The average Bonchev–Trinajstić information content (AvgIpc) is 3.13. The fourth-order valence-electron chi connectivity index (χ4n) is 6.53. The molecule has 1 aromatic carbocycles. The van der Waals surface area contributed by atoms with E-state index in [0.29, 0.717) is 44.0 Å². The monoisotopic (exact) mass is 543 g/mol. The number of likely N-dealkylation sites (tertiary alicyclic amines) is 1. The standard InChI is InChI=1S/C28H34ClN3O4S/c1-3-14-30-15-6-12-27(2)21(24(30)34)22-25(35)32(16-4-5-18-33)23-26(36)31(17-7-13-28(22,23)37-27)20-10-8-19(29)9-11-20/h6-13,21-23,33H,3-5,14-18H2,1-2H3/t21-,22+,23?,27+,28+/m1/s1. The zero-order valence-electron chi connectivity index (χ0n) is 21.3. The minimum absolute atomic E-state index is 0.00677. The van der Waals surface area contributed by atoms with Crippen molar-refractivity contribution >= 4 is 46.8 Å². The lowest BCUT2D eigenvalue weighted by Gasteiger charge is -2.37. The first-order chi connectivity index (χ1) is 17.8. The quantitative estimate of drug-likeness (QED) is 0.420. The van der Waals surface area contributed by atoms with Crippen LogP contribution in [-0.2, 0) is 14.4 Å². The molecule has 4 aliphatic rings. The molecular formula is C28H34ClN3O4S. The van der Waals surface area contributed by atoms with E-state index in [1.807, 2.05) is 49.1 Å². The summed E-state index contributed by atoms with van der Waals surface area (Å²) in [4.78, 5) is 47.8. The van der Waals surface area contributed by atoms with E-state index in [1.165, 1.54) is 0 Å². The molecule has 5 atom stereocenters. The van der Waals surface area contributed by atoms with E-state index in [-0.39, 0.29) is 24.3 Å². The van der Waals surface area contributed by atoms with Crippen LogP contribution in [0.25, 0.3) is 0 Å². The average molecular weight is 544 g/mol. The van der Waals surface area contributed by atoms with Crippen LogP contribution >= 0.6 is 23.4 Å². The summed E-state index contributed by atoms with van der Waals surface area (Å²) in [6, 6.07) is 6.40. The van der Waals surface area contributed by atoms with Gasteiger partial charge in [0.1, 0.15) is 6.04 Å². The van der Waals surface area contributed by atoms with Crippen LogP contribution in [0.1, 0.15) is 33.1 Å². The smallest absolute Gasteiger partial charge is 0.251 e. The zero-order valence-corrected chi connectivity index (χ0v) is 22.9. The molecule has 0 radical (unpaired) electrons. The third-order valence-electron chi connectivity index (χ3n) is 8.08. The maximum Gasteiger partial charge on any atom is 0.251 e. The van der Waals surface area contributed by atoms with Gasteiger partial charge in [0, 0.05) is 48.2 Å². The first kappa shape index (κ1) is 26.3. The molecule has 0 bridgehead atoms. The molecule has 1 aromatic rings. The highest BCUT2D eigenvalue weighted by molar-refractivity contribution is 8.02. The maximum atomic E-state index is 14.3. The van der Waals surface area contributed by atoms with Crippen LogP contribution in [0.2, 0.25) is 5.02 Å². The number of halogens is 1. The number of hydrogen-bond acceptors (Lipinski definition) is 5. The number of aliphatic hydroxyl groups excluding tert-OH is 1. The first-order valence-corrected chi connectivity index (χ1v) is 14.3. The highest BCUT2D eigenvalue weighted by Gasteiger charge is 2.73. The molecular weight excluding hydrogens is 510 g/mol. The molecule has 0 aliphatic carbocycles. The van der Waals surface area contributed by atoms with Gasteiger partial charge in [0.15, 0.2) is 0 Å². The summed E-state index contributed by atoms with van der Waals surface area (Å²) in [6.07, 6.45) is 10.1. The molecule has 3 amide bonds.